The summed E-state index contributed by atoms with van der Waals surface area (Å²) in [4.78, 5) is 11.3. The smallest absolute Gasteiger partial charge is 0.330 e. The van der Waals surface area contributed by atoms with Gasteiger partial charge in [-0.3, -0.25) is 0 Å². The van der Waals surface area contributed by atoms with Gasteiger partial charge in [0.1, 0.15) is 24.4 Å². The quantitative estimate of drug-likeness (QED) is 0.690. The lowest BCUT2D eigenvalue weighted by Gasteiger charge is -2.30. The van der Waals surface area contributed by atoms with Crippen LogP contribution in [-0.4, -0.2) is 49.6 Å². The van der Waals surface area contributed by atoms with Crippen molar-refractivity contribution < 1.29 is 28.5 Å². The van der Waals surface area contributed by atoms with E-state index < -0.39 is 12.1 Å². The number of cyclic esters (lactones) is 1. The van der Waals surface area contributed by atoms with Gasteiger partial charge in [-0.1, -0.05) is 6.08 Å². The molecule has 3 aliphatic heterocycles. The summed E-state index contributed by atoms with van der Waals surface area (Å²) in [5, 5.41) is 0. The third kappa shape index (κ3) is 2.29. The number of hydrogen-bond acceptors (Lipinski definition) is 6. The first-order chi connectivity index (χ1) is 9.00. The Balaban J connectivity index is 1.75. The Kier molecular flexibility index (Phi) is 3.13. The first-order valence-corrected chi connectivity index (χ1v) is 6.41. The van der Waals surface area contributed by atoms with Crippen molar-refractivity contribution in [3.63, 3.8) is 0 Å². The molecule has 0 N–H and O–H groups in total. The van der Waals surface area contributed by atoms with Crippen LogP contribution in [0, 0.1) is 0 Å². The molecule has 5 atom stereocenters. The fourth-order valence-electron chi connectivity index (χ4n) is 2.81. The molecule has 0 aromatic heterocycles. The van der Waals surface area contributed by atoms with Gasteiger partial charge in [0.05, 0.1) is 0 Å². The summed E-state index contributed by atoms with van der Waals surface area (Å²) in [6.07, 6.45) is 2.00. The molecule has 0 aromatic carbocycles. The van der Waals surface area contributed by atoms with Crippen LogP contribution in [-0.2, 0) is 28.5 Å². The summed E-state index contributed by atoms with van der Waals surface area (Å²) in [5.41, 5.74) is 0. The molecule has 0 unspecified atom stereocenters. The van der Waals surface area contributed by atoms with E-state index in [2.05, 4.69) is 0 Å². The van der Waals surface area contributed by atoms with Gasteiger partial charge in [0.15, 0.2) is 12.1 Å². The topological polar surface area (TPSA) is 63.2 Å². The van der Waals surface area contributed by atoms with Gasteiger partial charge in [-0.25, -0.2) is 4.79 Å². The van der Waals surface area contributed by atoms with Gasteiger partial charge in [-0.15, -0.1) is 0 Å². The summed E-state index contributed by atoms with van der Waals surface area (Å²) in [5.74, 6) is -1.03. The maximum Gasteiger partial charge on any atom is 0.330 e. The summed E-state index contributed by atoms with van der Waals surface area (Å²) in [7, 11) is 1.60. The number of carbonyl (C=O) groups excluding carboxylic acids is 1. The van der Waals surface area contributed by atoms with Gasteiger partial charge >= 0.3 is 5.97 Å². The summed E-state index contributed by atoms with van der Waals surface area (Å²) >= 11 is 0. The van der Waals surface area contributed by atoms with Crippen molar-refractivity contribution >= 4 is 5.97 Å². The molecule has 0 radical (unpaired) electrons. The lowest BCUT2D eigenvalue weighted by Crippen LogP contribution is -2.44. The lowest BCUT2D eigenvalue weighted by molar-refractivity contribution is -0.230. The Morgan fingerprint density at radius 1 is 1.32 bits per heavy atom. The highest BCUT2D eigenvalue weighted by molar-refractivity contribution is 5.82. The molecule has 0 spiro atoms. The molecule has 3 rings (SSSR count). The number of methoxy groups -OCH3 is 1. The van der Waals surface area contributed by atoms with Crippen LogP contribution in [0.15, 0.2) is 12.2 Å². The van der Waals surface area contributed by atoms with E-state index in [9.17, 15) is 4.79 Å². The second-order valence-electron chi connectivity index (χ2n) is 5.38. The highest BCUT2D eigenvalue weighted by atomic mass is 16.8. The Labute approximate surface area is 111 Å². The molecular weight excluding hydrogens is 252 g/mol. The van der Waals surface area contributed by atoms with Crippen LogP contribution in [0.1, 0.15) is 20.3 Å². The van der Waals surface area contributed by atoms with Crippen molar-refractivity contribution in [3.05, 3.63) is 12.2 Å². The highest BCUT2D eigenvalue weighted by Crippen LogP contribution is 2.40. The van der Waals surface area contributed by atoms with E-state index in [1.54, 1.807) is 13.2 Å². The second-order valence-corrected chi connectivity index (χ2v) is 5.38. The number of ether oxygens (including phenoxy) is 5. The fourth-order valence-corrected chi connectivity index (χ4v) is 2.81. The number of esters is 1. The van der Waals surface area contributed by atoms with Gasteiger partial charge in [-0.05, 0) is 13.8 Å². The minimum Gasteiger partial charge on any atom is -0.456 e. The van der Waals surface area contributed by atoms with Crippen molar-refractivity contribution in [3.8, 4) is 0 Å². The standard InChI is InChI=1S/C13H18O6/c1-13(2)18-11-10(15-3)9(17-12(11)19-13)7-5-4-6-8(14)16-7/h4,6-7,9-12H,5H2,1-3H3/t7-,9+,10-,11+,12+/m0/s1. The Hall–Kier alpha value is -0.950. The second kappa shape index (κ2) is 4.56. The van der Waals surface area contributed by atoms with Gasteiger partial charge in [0.25, 0.3) is 0 Å². The third-order valence-corrected chi connectivity index (χ3v) is 3.56. The molecule has 0 aromatic rings. The number of carbonyl (C=O) groups is 1. The van der Waals surface area contributed by atoms with Gasteiger partial charge in [0, 0.05) is 19.6 Å². The van der Waals surface area contributed by atoms with E-state index in [1.807, 2.05) is 13.8 Å². The lowest BCUT2D eigenvalue weighted by atomic mass is 10.0. The van der Waals surface area contributed by atoms with E-state index in [1.165, 1.54) is 6.08 Å². The van der Waals surface area contributed by atoms with E-state index in [0.29, 0.717) is 6.42 Å². The monoisotopic (exact) mass is 270 g/mol. The molecule has 6 heteroatoms. The van der Waals surface area contributed by atoms with Crippen LogP contribution in [0.4, 0.5) is 0 Å². The molecule has 19 heavy (non-hydrogen) atoms. The molecule has 0 saturated carbocycles. The molecule has 2 saturated heterocycles. The Morgan fingerprint density at radius 2 is 2.11 bits per heavy atom. The summed E-state index contributed by atoms with van der Waals surface area (Å²) in [6, 6.07) is 0. The predicted molar refractivity (Wildman–Crippen MR) is 63.1 cm³/mol. The van der Waals surface area contributed by atoms with E-state index in [0.717, 1.165) is 0 Å². The van der Waals surface area contributed by atoms with Gasteiger partial charge in [0.2, 0.25) is 0 Å². The maximum absolute atomic E-state index is 11.3. The van der Waals surface area contributed by atoms with E-state index >= 15 is 0 Å². The molecule has 0 amide bonds. The average molecular weight is 270 g/mol. The van der Waals surface area contributed by atoms with Gasteiger partial charge in [-0.2, -0.15) is 0 Å². The van der Waals surface area contributed by atoms with Crippen molar-refractivity contribution in [1.29, 1.82) is 0 Å². The van der Waals surface area contributed by atoms with Crippen LogP contribution < -0.4 is 0 Å². The zero-order valence-corrected chi connectivity index (χ0v) is 11.2. The first-order valence-electron chi connectivity index (χ1n) is 6.41. The SMILES string of the molecule is CO[C@@H]1[C@H]2OC(C)(C)O[C@H]2O[C@@H]1[C@@H]1CC=CC(=O)O1. The fraction of sp³-hybridized carbons (Fsp3) is 0.769. The molecule has 106 valence electrons. The molecule has 6 nitrogen and oxygen atoms in total. The molecule has 0 aliphatic carbocycles. The molecule has 0 bridgehead atoms. The molecule has 3 aliphatic rings. The maximum atomic E-state index is 11.3. The predicted octanol–water partition coefficient (Wildman–Crippen LogP) is 0.749. The number of rotatable bonds is 2. The van der Waals surface area contributed by atoms with Crippen LogP contribution in [0.2, 0.25) is 0 Å². The Bertz CT molecular complexity index is 404. The minimum atomic E-state index is -0.680. The van der Waals surface area contributed by atoms with Crippen LogP contribution in [0.3, 0.4) is 0 Å². The zero-order valence-electron chi connectivity index (χ0n) is 11.2. The van der Waals surface area contributed by atoms with E-state index in [-0.39, 0.29) is 30.4 Å². The van der Waals surface area contributed by atoms with Crippen LogP contribution in [0.5, 0.6) is 0 Å². The highest BCUT2D eigenvalue weighted by Gasteiger charge is 2.57. The van der Waals surface area contributed by atoms with Crippen molar-refractivity contribution in [1.82, 2.24) is 0 Å². The van der Waals surface area contributed by atoms with E-state index in [4.69, 9.17) is 23.7 Å². The molecule has 2 fully saturated rings. The van der Waals surface area contributed by atoms with Crippen molar-refractivity contribution in [2.75, 3.05) is 7.11 Å². The minimum absolute atomic E-state index is 0.297. The number of hydrogen-bond donors (Lipinski definition) is 0. The van der Waals surface area contributed by atoms with Crippen LogP contribution in [0.25, 0.3) is 0 Å². The van der Waals surface area contributed by atoms with Crippen molar-refractivity contribution in [2.45, 2.75) is 56.8 Å². The van der Waals surface area contributed by atoms with Gasteiger partial charge < -0.3 is 23.7 Å². The average Bonchev–Trinajstić information content (AvgIpc) is 2.80. The third-order valence-electron chi connectivity index (χ3n) is 3.56. The Morgan fingerprint density at radius 3 is 2.79 bits per heavy atom. The normalized spacial score (nSPS) is 44.2. The van der Waals surface area contributed by atoms with Crippen molar-refractivity contribution in [2.24, 2.45) is 0 Å². The summed E-state index contributed by atoms with van der Waals surface area (Å²) < 4.78 is 28.0. The first kappa shape index (κ1) is 13.1. The molecule has 3 heterocycles. The largest absolute Gasteiger partial charge is 0.456 e. The summed E-state index contributed by atoms with van der Waals surface area (Å²) in [6.45, 7) is 3.67. The van der Waals surface area contributed by atoms with Crippen LogP contribution >= 0.6 is 0 Å². The molecular formula is C13H18O6. The zero-order chi connectivity index (χ0) is 13.6. The number of fused-ring (bicyclic) bond motifs is 1.